The van der Waals surface area contributed by atoms with E-state index in [0.717, 1.165) is 35.6 Å². The Labute approximate surface area is 252 Å². The monoisotopic (exact) mass is 639 g/mol. The first-order valence-corrected chi connectivity index (χ1v) is 16.5. The zero-order valence-corrected chi connectivity index (χ0v) is 25.8. The topological polar surface area (TPSA) is 86.8 Å². The number of nitrogens with zero attached hydrogens (tertiary/aromatic N) is 2. The molecule has 1 unspecified atom stereocenters. The van der Waals surface area contributed by atoms with Crippen LogP contribution >= 0.6 is 15.9 Å². The lowest BCUT2D eigenvalue weighted by molar-refractivity contribution is -0.140. The SMILES string of the molecule is CCC(C(=O)NC1CCCCC1)N(CCc1ccccc1)C(=O)CN(c1cccc(Br)c1)S(=O)(=O)c1ccccc1. The van der Waals surface area contributed by atoms with Gasteiger partial charge in [-0.1, -0.05) is 96.7 Å². The van der Waals surface area contributed by atoms with Crippen LogP contribution in [-0.4, -0.2) is 50.3 Å². The Kier molecular flexibility index (Phi) is 11.0. The summed E-state index contributed by atoms with van der Waals surface area (Å²) >= 11 is 3.43. The minimum atomic E-state index is -4.08. The molecule has 0 saturated heterocycles. The van der Waals surface area contributed by atoms with E-state index in [1.165, 1.54) is 18.6 Å². The Hall–Kier alpha value is -3.17. The van der Waals surface area contributed by atoms with Gasteiger partial charge in [0.2, 0.25) is 11.8 Å². The molecule has 1 saturated carbocycles. The number of hydrogen-bond acceptors (Lipinski definition) is 4. The van der Waals surface area contributed by atoms with Gasteiger partial charge in [-0.3, -0.25) is 13.9 Å². The van der Waals surface area contributed by atoms with E-state index >= 15 is 0 Å². The van der Waals surface area contributed by atoms with Crippen molar-refractivity contribution in [2.45, 2.75) is 68.8 Å². The molecule has 3 aromatic carbocycles. The van der Waals surface area contributed by atoms with Gasteiger partial charge in [-0.15, -0.1) is 0 Å². The Balaban J connectivity index is 1.65. The van der Waals surface area contributed by atoms with Crippen molar-refractivity contribution in [3.63, 3.8) is 0 Å². The van der Waals surface area contributed by atoms with Crippen LogP contribution in [0.5, 0.6) is 0 Å². The zero-order chi connectivity index (χ0) is 29.2. The smallest absolute Gasteiger partial charge is 0.264 e. The maximum atomic E-state index is 14.1. The van der Waals surface area contributed by atoms with E-state index in [1.54, 1.807) is 47.4 Å². The van der Waals surface area contributed by atoms with Crippen molar-refractivity contribution < 1.29 is 18.0 Å². The number of hydrogen-bond donors (Lipinski definition) is 1. The Morgan fingerprint density at radius 2 is 1.59 bits per heavy atom. The lowest BCUT2D eigenvalue weighted by Crippen LogP contribution is -2.54. The van der Waals surface area contributed by atoms with Crippen molar-refractivity contribution in [1.29, 1.82) is 0 Å². The second-order valence-electron chi connectivity index (χ2n) is 10.4. The number of carbonyl (C=O) groups excluding carboxylic acids is 2. The fourth-order valence-electron chi connectivity index (χ4n) is 5.32. The number of sulfonamides is 1. The van der Waals surface area contributed by atoms with E-state index in [2.05, 4.69) is 21.2 Å². The van der Waals surface area contributed by atoms with Crippen molar-refractivity contribution in [2.75, 3.05) is 17.4 Å². The van der Waals surface area contributed by atoms with E-state index in [0.29, 0.717) is 23.0 Å². The van der Waals surface area contributed by atoms with Crippen molar-refractivity contribution in [3.8, 4) is 0 Å². The van der Waals surface area contributed by atoms with E-state index < -0.39 is 28.5 Å². The molecule has 1 N–H and O–H groups in total. The molecule has 7 nitrogen and oxygen atoms in total. The highest BCUT2D eigenvalue weighted by molar-refractivity contribution is 9.10. The van der Waals surface area contributed by atoms with Crippen molar-refractivity contribution in [1.82, 2.24) is 10.2 Å². The molecule has 9 heteroatoms. The Morgan fingerprint density at radius 3 is 2.22 bits per heavy atom. The summed E-state index contributed by atoms with van der Waals surface area (Å²) in [6, 6.07) is 24.1. The predicted octanol–water partition coefficient (Wildman–Crippen LogP) is 5.94. The van der Waals surface area contributed by atoms with Crippen LogP contribution in [0.4, 0.5) is 5.69 Å². The van der Waals surface area contributed by atoms with Gasteiger partial charge in [0.15, 0.2) is 0 Å². The van der Waals surface area contributed by atoms with E-state index in [-0.39, 0.29) is 23.4 Å². The average molecular weight is 641 g/mol. The number of anilines is 1. The van der Waals surface area contributed by atoms with Crippen molar-refractivity contribution in [2.24, 2.45) is 0 Å². The standard InChI is InChI=1S/C32H38BrN3O4S/c1-2-30(32(38)34-27-16-8-4-9-17-27)35(22-21-25-13-6-3-7-14-25)31(37)24-36(28-18-12-15-26(33)23-28)41(39,40)29-19-10-5-11-20-29/h3,5-7,10-15,18-20,23,27,30H,2,4,8-9,16-17,21-22,24H2,1H3,(H,34,38). The highest BCUT2D eigenvalue weighted by Gasteiger charge is 2.34. The molecule has 0 radical (unpaired) electrons. The maximum Gasteiger partial charge on any atom is 0.264 e. The molecule has 4 rings (SSSR count). The second kappa shape index (κ2) is 14.6. The van der Waals surface area contributed by atoms with Crippen LogP contribution in [0.15, 0.2) is 94.3 Å². The van der Waals surface area contributed by atoms with Gasteiger partial charge in [0.05, 0.1) is 10.6 Å². The minimum Gasteiger partial charge on any atom is -0.352 e. The molecule has 0 aromatic heterocycles. The fourth-order valence-corrected chi connectivity index (χ4v) is 7.13. The van der Waals surface area contributed by atoms with Gasteiger partial charge in [-0.2, -0.15) is 0 Å². The van der Waals surface area contributed by atoms with Crippen molar-refractivity contribution >= 4 is 43.5 Å². The second-order valence-corrected chi connectivity index (χ2v) is 13.2. The molecule has 0 heterocycles. The number of nitrogens with one attached hydrogen (secondary N) is 1. The molecule has 0 aliphatic heterocycles. The number of carbonyl (C=O) groups is 2. The van der Waals surface area contributed by atoms with Crippen LogP contribution in [0.25, 0.3) is 0 Å². The molecule has 41 heavy (non-hydrogen) atoms. The van der Waals surface area contributed by atoms with Gasteiger partial charge in [-0.25, -0.2) is 8.42 Å². The van der Waals surface area contributed by atoms with Gasteiger partial charge in [0.25, 0.3) is 10.0 Å². The molecule has 1 atom stereocenters. The summed E-state index contributed by atoms with van der Waals surface area (Å²) in [4.78, 5) is 29.4. The summed E-state index contributed by atoms with van der Waals surface area (Å²) < 4.78 is 29.6. The third-order valence-electron chi connectivity index (χ3n) is 7.53. The maximum absolute atomic E-state index is 14.1. The summed E-state index contributed by atoms with van der Waals surface area (Å²) in [7, 11) is -4.08. The van der Waals surface area contributed by atoms with Gasteiger partial charge in [0.1, 0.15) is 12.6 Å². The Bertz CT molecular complexity index is 1400. The van der Waals surface area contributed by atoms with E-state index in [9.17, 15) is 18.0 Å². The average Bonchev–Trinajstić information content (AvgIpc) is 2.99. The van der Waals surface area contributed by atoms with Crippen LogP contribution in [0.3, 0.4) is 0 Å². The summed E-state index contributed by atoms with van der Waals surface area (Å²) in [6.07, 6.45) is 6.17. The number of rotatable bonds is 12. The van der Waals surface area contributed by atoms with Crippen LogP contribution in [0.1, 0.15) is 51.0 Å². The minimum absolute atomic E-state index is 0.0886. The fraction of sp³-hybridized carbons (Fsp3) is 0.375. The summed E-state index contributed by atoms with van der Waals surface area (Å²) in [6.45, 7) is 1.74. The number of benzene rings is 3. The molecule has 1 fully saturated rings. The van der Waals surface area contributed by atoms with Gasteiger partial charge in [-0.05, 0) is 61.6 Å². The largest absolute Gasteiger partial charge is 0.352 e. The molecule has 1 aliphatic carbocycles. The zero-order valence-electron chi connectivity index (χ0n) is 23.4. The molecular weight excluding hydrogens is 602 g/mol. The highest BCUT2D eigenvalue weighted by atomic mass is 79.9. The van der Waals surface area contributed by atoms with Crippen LogP contribution in [0.2, 0.25) is 0 Å². The molecular formula is C32H38BrN3O4S. The van der Waals surface area contributed by atoms with E-state index in [4.69, 9.17) is 0 Å². The quantitative estimate of drug-likeness (QED) is 0.266. The lowest BCUT2D eigenvalue weighted by Gasteiger charge is -2.34. The highest BCUT2D eigenvalue weighted by Crippen LogP contribution is 2.27. The van der Waals surface area contributed by atoms with Crippen molar-refractivity contribution in [3.05, 3.63) is 95.0 Å². The molecule has 0 bridgehead atoms. The van der Waals surface area contributed by atoms with Crippen LogP contribution in [0, 0.1) is 0 Å². The molecule has 218 valence electrons. The molecule has 2 amide bonds. The van der Waals surface area contributed by atoms with Crippen LogP contribution in [-0.2, 0) is 26.0 Å². The third-order valence-corrected chi connectivity index (χ3v) is 9.81. The van der Waals surface area contributed by atoms with E-state index in [1.807, 2.05) is 37.3 Å². The van der Waals surface area contributed by atoms with Gasteiger partial charge in [0, 0.05) is 17.1 Å². The summed E-state index contributed by atoms with van der Waals surface area (Å²) in [5.74, 6) is -0.605. The summed E-state index contributed by atoms with van der Waals surface area (Å²) in [5, 5.41) is 3.18. The number of halogens is 1. The molecule has 0 spiro atoms. The first-order chi connectivity index (χ1) is 19.8. The Morgan fingerprint density at radius 1 is 0.927 bits per heavy atom. The first kappa shape index (κ1) is 30.8. The summed E-state index contributed by atoms with van der Waals surface area (Å²) in [5.41, 5.74) is 1.40. The third kappa shape index (κ3) is 8.20. The lowest BCUT2D eigenvalue weighted by atomic mass is 9.95. The first-order valence-electron chi connectivity index (χ1n) is 14.3. The van der Waals surface area contributed by atoms with Gasteiger partial charge >= 0.3 is 0 Å². The van der Waals surface area contributed by atoms with Gasteiger partial charge < -0.3 is 10.2 Å². The normalized spacial score (nSPS) is 14.7. The predicted molar refractivity (Wildman–Crippen MR) is 166 cm³/mol. The molecule has 3 aromatic rings. The van der Waals surface area contributed by atoms with Crippen LogP contribution < -0.4 is 9.62 Å². The number of amides is 2. The molecule has 1 aliphatic rings.